The standard InChI is InChI=1S/C12H21NO6S/c1-19-11(14)7-3-2-4-9-20(17,18)13-8-5-6-10(13)12(15)16/h10H,2-9H2,1H3,(H,15,16)/t10-/m1/s1. The van der Waals surface area contributed by atoms with Crippen LogP contribution in [0.5, 0.6) is 0 Å². The van der Waals surface area contributed by atoms with Crippen molar-refractivity contribution in [2.24, 2.45) is 0 Å². The zero-order valence-corrected chi connectivity index (χ0v) is 12.4. The van der Waals surface area contributed by atoms with Crippen LogP contribution in [-0.2, 0) is 24.3 Å². The normalized spacial score (nSPS) is 19.9. The molecule has 20 heavy (non-hydrogen) atoms. The van der Waals surface area contributed by atoms with Gasteiger partial charge in [0.1, 0.15) is 6.04 Å². The molecule has 8 heteroatoms. The lowest BCUT2D eigenvalue weighted by Crippen LogP contribution is -2.41. The SMILES string of the molecule is COC(=O)CCCCCS(=O)(=O)N1CCC[C@@H]1C(=O)O. The van der Waals surface area contributed by atoms with Gasteiger partial charge in [0.2, 0.25) is 10.0 Å². The van der Waals surface area contributed by atoms with Gasteiger partial charge in [-0.3, -0.25) is 9.59 Å². The van der Waals surface area contributed by atoms with Crippen molar-refractivity contribution in [1.82, 2.24) is 4.31 Å². The van der Waals surface area contributed by atoms with Crippen molar-refractivity contribution in [3.63, 3.8) is 0 Å². The van der Waals surface area contributed by atoms with Gasteiger partial charge in [-0.15, -0.1) is 0 Å². The van der Waals surface area contributed by atoms with Crippen molar-refractivity contribution in [3.8, 4) is 0 Å². The molecule has 0 saturated carbocycles. The van der Waals surface area contributed by atoms with Crippen LogP contribution in [0.15, 0.2) is 0 Å². The predicted octanol–water partition coefficient (Wildman–Crippen LogP) is 0.599. The number of carboxylic acid groups (broad SMARTS) is 1. The van der Waals surface area contributed by atoms with Crippen LogP contribution < -0.4 is 0 Å². The number of unbranched alkanes of at least 4 members (excludes halogenated alkanes) is 2. The van der Waals surface area contributed by atoms with Crippen molar-refractivity contribution in [2.45, 2.75) is 44.6 Å². The van der Waals surface area contributed by atoms with Gasteiger partial charge in [-0.05, 0) is 25.7 Å². The summed E-state index contributed by atoms with van der Waals surface area (Å²) in [5, 5.41) is 8.99. The van der Waals surface area contributed by atoms with Gasteiger partial charge in [0.05, 0.1) is 12.9 Å². The molecule has 1 saturated heterocycles. The van der Waals surface area contributed by atoms with Gasteiger partial charge in [0.15, 0.2) is 0 Å². The molecule has 0 aromatic rings. The van der Waals surface area contributed by atoms with E-state index in [1.165, 1.54) is 7.11 Å². The minimum absolute atomic E-state index is 0.0715. The van der Waals surface area contributed by atoms with Crippen molar-refractivity contribution in [3.05, 3.63) is 0 Å². The fourth-order valence-corrected chi connectivity index (χ4v) is 4.06. The number of carbonyl (C=O) groups is 2. The molecule has 1 fully saturated rings. The van der Waals surface area contributed by atoms with E-state index in [1.807, 2.05) is 0 Å². The van der Waals surface area contributed by atoms with Crippen molar-refractivity contribution >= 4 is 22.0 Å². The number of sulfonamides is 1. The van der Waals surface area contributed by atoms with E-state index in [9.17, 15) is 18.0 Å². The topological polar surface area (TPSA) is 101 Å². The minimum Gasteiger partial charge on any atom is -0.480 e. The smallest absolute Gasteiger partial charge is 0.322 e. The summed E-state index contributed by atoms with van der Waals surface area (Å²) < 4.78 is 29.7. The van der Waals surface area contributed by atoms with E-state index in [4.69, 9.17) is 5.11 Å². The average Bonchev–Trinajstić information content (AvgIpc) is 2.88. The number of rotatable bonds is 8. The van der Waals surface area contributed by atoms with Gasteiger partial charge in [-0.2, -0.15) is 4.31 Å². The van der Waals surface area contributed by atoms with Crippen LogP contribution in [0, 0.1) is 0 Å². The van der Waals surface area contributed by atoms with E-state index in [0.29, 0.717) is 32.1 Å². The molecule has 1 aliphatic rings. The highest BCUT2D eigenvalue weighted by molar-refractivity contribution is 7.89. The number of esters is 1. The average molecular weight is 307 g/mol. The molecular weight excluding hydrogens is 286 g/mol. The van der Waals surface area contributed by atoms with Crippen LogP contribution in [-0.4, -0.2) is 55.2 Å². The summed E-state index contributed by atoms with van der Waals surface area (Å²) in [6, 6.07) is -0.921. The number of carbonyl (C=O) groups excluding carboxylic acids is 1. The highest BCUT2D eigenvalue weighted by Crippen LogP contribution is 2.22. The van der Waals surface area contributed by atoms with Crippen molar-refractivity contribution in [2.75, 3.05) is 19.4 Å². The maximum absolute atomic E-state index is 12.1. The number of hydrogen-bond acceptors (Lipinski definition) is 5. The molecule has 0 bridgehead atoms. The quantitative estimate of drug-likeness (QED) is 0.520. The summed E-state index contributed by atoms with van der Waals surface area (Å²) in [6.07, 6.45) is 2.82. The Labute approximate surface area is 118 Å². The molecule has 0 unspecified atom stereocenters. The molecule has 0 radical (unpaired) electrons. The third kappa shape index (κ3) is 4.75. The minimum atomic E-state index is -3.52. The lowest BCUT2D eigenvalue weighted by molar-refractivity contribution is -0.141. The van der Waals surface area contributed by atoms with E-state index >= 15 is 0 Å². The van der Waals surface area contributed by atoms with E-state index in [2.05, 4.69) is 4.74 Å². The third-order valence-corrected chi connectivity index (χ3v) is 5.31. The molecule has 1 atom stereocenters. The summed E-state index contributed by atoms with van der Waals surface area (Å²) in [5.41, 5.74) is 0. The first-order chi connectivity index (χ1) is 9.38. The van der Waals surface area contributed by atoms with Crippen LogP contribution in [0.3, 0.4) is 0 Å². The highest BCUT2D eigenvalue weighted by Gasteiger charge is 2.38. The van der Waals surface area contributed by atoms with Gasteiger partial charge < -0.3 is 9.84 Å². The summed E-state index contributed by atoms with van der Waals surface area (Å²) >= 11 is 0. The van der Waals surface area contributed by atoms with Gasteiger partial charge in [-0.1, -0.05) is 6.42 Å². The van der Waals surface area contributed by atoms with E-state index < -0.39 is 22.0 Å². The Morgan fingerprint density at radius 1 is 1.30 bits per heavy atom. The Kier molecular flexibility index (Phi) is 6.41. The second-order valence-corrected chi connectivity index (χ2v) is 6.85. The lowest BCUT2D eigenvalue weighted by atomic mass is 10.2. The van der Waals surface area contributed by atoms with Gasteiger partial charge in [0, 0.05) is 13.0 Å². The Morgan fingerprint density at radius 3 is 2.60 bits per heavy atom. The van der Waals surface area contributed by atoms with Gasteiger partial charge in [-0.25, -0.2) is 8.42 Å². The Bertz CT molecular complexity index is 447. The van der Waals surface area contributed by atoms with Gasteiger partial charge >= 0.3 is 11.9 Å². The molecule has 1 heterocycles. The first-order valence-corrected chi connectivity index (χ1v) is 8.28. The number of aliphatic carboxylic acids is 1. The fraction of sp³-hybridized carbons (Fsp3) is 0.833. The molecule has 0 aliphatic carbocycles. The molecule has 1 N–H and O–H groups in total. The molecule has 1 aliphatic heterocycles. The Balaban J connectivity index is 2.38. The number of hydrogen-bond donors (Lipinski definition) is 1. The fourth-order valence-electron chi connectivity index (χ4n) is 2.27. The second-order valence-electron chi connectivity index (χ2n) is 4.81. The lowest BCUT2D eigenvalue weighted by Gasteiger charge is -2.20. The molecule has 0 aromatic heterocycles. The maximum atomic E-state index is 12.1. The maximum Gasteiger partial charge on any atom is 0.322 e. The first-order valence-electron chi connectivity index (χ1n) is 6.67. The van der Waals surface area contributed by atoms with E-state index in [-0.39, 0.29) is 24.7 Å². The van der Waals surface area contributed by atoms with Crippen LogP contribution in [0.4, 0.5) is 0 Å². The molecule has 0 aromatic carbocycles. The van der Waals surface area contributed by atoms with E-state index in [1.54, 1.807) is 0 Å². The van der Waals surface area contributed by atoms with Crippen LogP contribution >= 0.6 is 0 Å². The Hall–Kier alpha value is -1.15. The zero-order valence-electron chi connectivity index (χ0n) is 11.6. The first kappa shape index (κ1) is 16.9. The van der Waals surface area contributed by atoms with Crippen molar-refractivity contribution in [1.29, 1.82) is 0 Å². The largest absolute Gasteiger partial charge is 0.480 e. The highest BCUT2D eigenvalue weighted by atomic mass is 32.2. The van der Waals surface area contributed by atoms with E-state index in [0.717, 1.165) is 4.31 Å². The summed E-state index contributed by atoms with van der Waals surface area (Å²) in [4.78, 5) is 21.9. The number of nitrogens with zero attached hydrogens (tertiary/aromatic N) is 1. The molecular formula is C12H21NO6S. The number of ether oxygens (including phenoxy) is 1. The van der Waals surface area contributed by atoms with Crippen molar-refractivity contribution < 1.29 is 27.9 Å². The number of methoxy groups -OCH3 is 1. The summed E-state index contributed by atoms with van der Waals surface area (Å²) in [6.45, 7) is 0.279. The second kappa shape index (κ2) is 7.58. The summed E-state index contributed by atoms with van der Waals surface area (Å²) in [7, 11) is -2.21. The molecule has 0 amide bonds. The van der Waals surface area contributed by atoms with Crippen LogP contribution in [0.1, 0.15) is 38.5 Å². The van der Waals surface area contributed by atoms with Gasteiger partial charge in [0.25, 0.3) is 0 Å². The Morgan fingerprint density at radius 2 is 2.00 bits per heavy atom. The predicted molar refractivity (Wildman–Crippen MR) is 71.6 cm³/mol. The third-order valence-electron chi connectivity index (χ3n) is 3.36. The zero-order chi connectivity index (χ0) is 15.2. The number of carboxylic acids is 1. The van der Waals surface area contributed by atoms with Crippen LogP contribution in [0.2, 0.25) is 0 Å². The molecule has 1 rings (SSSR count). The monoisotopic (exact) mass is 307 g/mol. The van der Waals surface area contributed by atoms with Crippen LogP contribution in [0.25, 0.3) is 0 Å². The molecule has 7 nitrogen and oxygen atoms in total. The molecule has 116 valence electrons. The molecule has 0 spiro atoms. The summed E-state index contributed by atoms with van der Waals surface area (Å²) in [5.74, 6) is -1.46.